The van der Waals surface area contributed by atoms with E-state index < -0.39 is 0 Å². The van der Waals surface area contributed by atoms with Crippen LogP contribution < -0.4 is 5.32 Å². The van der Waals surface area contributed by atoms with E-state index in [0.29, 0.717) is 6.04 Å². The summed E-state index contributed by atoms with van der Waals surface area (Å²) in [6.07, 6.45) is 7.24. The predicted octanol–water partition coefficient (Wildman–Crippen LogP) is 3.42. The Labute approximate surface area is 134 Å². The van der Waals surface area contributed by atoms with Crippen LogP contribution in [-0.2, 0) is 6.42 Å². The van der Waals surface area contributed by atoms with Crippen molar-refractivity contribution in [2.45, 2.75) is 44.7 Å². The van der Waals surface area contributed by atoms with Crippen LogP contribution >= 0.6 is 11.8 Å². The van der Waals surface area contributed by atoms with Gasteiger partial charge >= 0.3 is 0 Å². The quantitative estimate of drug-likeness (QED) is 0.792. The van der Waals surface area contributed by atoms with Crippen molar-refractivity contribution in [2.75, 3.05) is 31.6 Å². The van der Waals surface area contributed by atoms with Crippen LogP contribution in [-0.4, -0.2) is 48.6 Å². The number of hydrogen-bond donors (Lipinski definition) is 1. The third-order valence-electron chi connectivity index (χ3n) is 4.48. The SMILES string of the molecule is CCC(CSC)NC1CCN(CCc2ccccc2)CC1. The highest BCUT2D eigenvalue weighted by Crippen LogP contribution is 2.13. The van der Waals surface area contributed by atoms with Gasteiger partial charge in [0.15, 0.2) is 0 Å². The zero-order valence-corrected chi connectivity index (χ0v) is 14.4. The van der Waals surface area contributed by atoms with Crippen LogP contribution in [0.2, 0.25) is 0 Å². The van der Waals surface area contributed by atoms with Crippen molar-refractivity contribution < 1.29 is 0 Å². The van der Waals surface area contributed by atoms with Crippen molar-refractivity contribution in [3.63, 3.8) is 0 Å². The van der Waals surface area contributed by atoms with Gasteiger partial charge in [0, 0.05) is 24.4 Å². The second-order valence-electron chi connectivity index (χ2n) is 6.08. The molecule has 0 radical (unpaired) electrons. The summed E-state index contributed by atoms with van der Waals surface area (Å²) in [5.41, 5.74) is 1.46. The van der Waals surface area contributed by atoms with E-state index >= 15 is 0 Å². The molecule has 2 rings (SSSR count). The van der Waals surface area contributed by atoms with Crippen LogP contribution in [0.3, 0.4) is 0 Å². The maximum Gasteiger partial charge on any atom is 0.0158 e. The van der Waals surface area contributed by atoms with Crippen molar-refractivity contribution in [3.05, 3.63) is 35.9 Å². The molecule has 118 valence electrons. The van der Waals surface area contributed by atoms with Gasteiger partial charge in [0.2, 0.25) is 0 Å². The summed E-state index contributed by atoms with van der Waals surface area (Å²) in [4.78, 5) is 2.63. The molecular formula is C18H30N2S. The molecule has 1 heterocycles. The number of thioether (sulfide) groups is 1. The molecule has 1 aromatic carbocycles. The number of rotatable bonds is 8. The van der Waals surface area contributed by atoms with Gasteiger partial charge in [0.25, 0.3) is 0 Å². The Bertz CT molecular complexity index is 374. The highest BCUT2D eigenvalue weighted by molar-refractivity contribution is 7.98. The lowest BCUT2D eigenvalue weighted by molar-refractivity contribution is 0.193. The summed E-state index contributed by atoms with van der Waals surface area (Å²) in [5, 5.41) is 3.85. The average Bonchev–Trinajstić information content (AvgIpc) is 2.54. The molecule has 0 saturated carbocycles. The highest BCUT2D eigenvalue weighted by Gasteiger charge is 2.20. The molecule has 1 atom stereocenters. The minimum absolute atomic E-state index is 0.695. The van der Waals surface area contributed by atoms with Crippen LogP contribution in [0.1, 0.15) is 31.7 Å². The maximum atomic E-state index is 3.85. The summed E-state index contributed by atoms with van der Waals surface area (Å²) in [7, 11) is 0. The van der Waals surface area contributed by atoms with E-state index in [4.69, 9.17) is 0 Å². The fraction of sp³-hybridized carbons (Fsp3) is 0.667. The van der Waals surface area contributed by atoms with Gasteiger partial charge in [0.1, 0.15) is 0 Å². The van der Waals surface area contributed by atoms with E-state index in [2.05, 4.69) is 53.7 Å². The molecule has 0 bridgehead atoms. The number of piperidine rings is 1. The zero-order valence-electron chi connectivity index (χ0n) is 13.6. The minimum Gasteiger partial charge on any atom is -0.310 e. The molecule has 2 nitrogen and oxygen atoms in total. The lowest BCUT2D eigenvalue weighted by Gasteiger charge is -2.34. The third kappa shape index (κ3) is 6.01. The maximum absolute atomic E-state index is 3.85. The van der Waals surface area contributed by atoms with E-state index in [-0.39, 0.29) is 0 Å². The Hall–Kier alpha value is -0.510. The van der Waals surface area contributed by atoms with E-state index in [9.17, 15) is 0 Å². The number of benzene rings is 1. The molecule has 1 unspecified atom stereocenters. The molecule has 1 fully saturated rings. The van der Waals surface area contributed by atoms with Gasteiger partial charge in [-0.15, -0.1) is 0 Å². The Kier molecular flexibility index (Phi) is 7.62. The first-order valence-corrected chi connectivity index (χ1v) is 9.72. The van der Waals surface area contributed by atoms with Crippen LogP contribution in [0.5, 0.6) is 0 Å². The van der Waals surface area contributed by atoms with Gasteiger partial charge in [-0.2, -0.15) is 11.8 Å². The molecule has 1 saturated heterocycles. The summed E-state index contributed by atoms with van der Waals surface area (Å²) < 4.78 is 0. The smallest absolute Gasteiger partial charge is 0.0158 e. The Balaban J connectivity index is 1.66. The molecular weight excluding hydrogens is 276 g/mol. The molecule has 0 spiro atoms. The van der Waals surface area contributed by atoms with Crippen LogP contribution in [0, 0.1) is 0 Å². The van der Waals surface area contributed by atoms with Crippen molar-refractivity contribution in [2.24, 2.45) is 0 Å². The van der Waals surface area contributed by atoms with Crippen molar-refractivity contribution in [3.8, 4) is 0 Å². The lowest BCUT2D eigenvalue weighted by Crippen LogP contribution is -2.47. The van der Waals surface area contributed by atoms with Gasteiger partial charge in [-0.3, -0.25) is 0 Å². The monoisotopic (exact) mass is 306 g/mol. The number of nitrogens with zero attached hydrogens (tertiary/aromatic N) is 1. The minimum atomic E-state index is 0.695. The zero-order chi connectivity index (χ0) is 14.9. The van der Waals surface area contributed by atoms with E-state index in [1.165, 1.54) is 56.6 Å². The molecule has 0 amide bonds. The third-order valence-corrected chi connectivity index (χ3v) is 5.21. The lowest BCUT2D eigenvalue weighted by atomic mass is 10.0. The molecule has 3 heteroatoms. The highest BCUT2D eigenvalue weighted by atomic mass is 32.2. The fourth-order valence-corrected chi connectivity index (χ4v) is 3.81. The second kappa shape index (κ2) is 9.50. The first kappa shape index (κ1) is 16.9. The normalized spacial score (nSPS) is 18.8. The Morgan fingerprint density at radius 1 is 1.24 bits per heavy atom. The molecule has 1 aromatic rings. The van der Waals surface area contributed by atoms with Crippen molar-refractivity contribution in [1.29, 1.82) is 0 Å². The topological polar surface area (TPSA) is 15.3 Å². The van der Waals surface area contributed by atoms with Crippen molar-refractivity contribution >= 4 is 11.8 Å². The number of hydrogen-bond acceptors (Lipinski definition) is 3. The van der Waals surface area contributed by atoms with Gasteiger partial charge < -0.3 is 10.2 Å². The predicted molar refractivity (Wildman–Crippen MR) is 95.2 cm³/mol. The standard InChI is InChI=1S/C18H30N2S/c1-3-17(15-21-2)19-18-10-13-20(14-11-18)12-9-16-7-5-4-6-8-16/h4-8,17-19H,3,9-15H2,1-2H3. The summed E-state index contributed by atoms with van der Waals surface area (Å²) in [6.45, 7) is 6.00. The average molecular weight is 307 g/mol. The molecule has 0 aromatic heterocycles. The van der Waals surface area contributed by atoms with Crippen LogP contribution in [0.4, 0.5) is 0 Å². The molecule has 21 heavy (non-hydrogen) atoms. The summed E-state index contributed by atoms with van der Waals surface area (Å²) in [5.74, 6) is 1.24. The number of nitrogens with one attached hydrogen (secondary N) is 1. The fourth-order valence-electron chi connectivity index (χ4n) is 3.07. The second-order valence-corrected chi connectivity index (χ2v) is 6.99. The van der Waals surface area contributed by atoms with Gasteiger partial charge in [-0.25, -0.2) is 0 Å². The van der Waals surface area contributed by atoms with E-state index in [1.54, 1.807) is 0 Å². The van der Waals surface area contributed by atoms with E-state index in [0.717, 1.165) is 6.04 Å². The van der Waals surface area contributed by atoms with Crippen LogP contribution in [0.25, 0.3) is 0 Å². The first-order chi connectivity index (χ1) is 10.3. The van der Waals surface area contributed by atoms with Gasteiger partial charge in [-0.05, 0) is 50.6 Å². The first-order valence-electron chi connectivity index (χ1n) is 8.33. The van der Waals surface area contributed by atoms with Gasteiger partial charge in [-0.1, -0.05) is 37.3 Å². The largest absolute Gasteiger partial charge is 0.310 e. The molecule has 1 aliphatic rings. The van der Waals surface area contributed by atoms with Crippen LogP contribution in [0.15, 0.2) is 30.3 Å². The summed E-state index contributed by atoms with van der Waals surface area (Å²) >= 11 is 1.96. The number of likely N-dealkylation sites (tertiary alicyclic amines) is 1. The summed E-state index contributed by atoms with van der Waals surface area (Å²) in [6, 6.07) is 12.3. The van der Waals surface area contributed by atoms with Crippen molar-refractivity contribution in [1.82, 2.24) is 10.2 Å². The molecule has 0 aliphatic carbocycles. The molecule has 1 aliphatic heterocycles. The molecule has 1 N–H and O–H groups in total. The Morgan fingerprint density at radius 2 is 1.95 bits per heavy atom. The Morgan fingerprint density at radius 3 is 2.57 bits per heavy atom. The van der Waals surface area contributed by atoms with E-state index in [1.807, 2.05) is 11.8 Å². The van der Waals surface area contributed by atoms with Gasteiger partial charge in [0.05, 0.1) is 0 Å².